The van der Waals surface area contributed by atoms with Gasteiger partial charge in [0.15, 0.2) is 0 Å². The SMILES string of the molecule is CCC(C)NC1CCCN(C(=O)OC)C1. The van der Waals surface area contributed by atoms with Crippen molar-refractivity contribution in [3.8, 4) is 0 Å². The first-order chi connectivity index (χ1) is 7.17. The summed E-state index contributed by atoms with van der Waals surface area (Å²) in [5.74, 6) is 0. The number of carbonyl (C=O) groups excluding carboxylic acids is 1. The van der Waals surface area contributed by atoms with E-state index in [1.54, 1.807) is 4.90 Å². The number of nitrogens with one attached hydrogen (secondary N) is 1. The summed E-state index contributed by atoms with van der Waals surface area (Å²) in [7, 11) is 1.44. The molecule has 0 bridgehead atoms. The van der Waals surface area contributed by atoms with E-state index in [4.69, 9.17) is 4.74 Å². The predicted molar refractivity (Wildman–Crippen MR) is 59.9 cm³/mol. The highest BCUT2D eigenvalue weighted by Gasteiger charge is 2.24. The van der Waals surface area contributed by atoms with Crippen molar-refractivity contribution in [2.75, 3.05) is 20.2 Å². The molecule has 1 aliphatic rings. The molecule has 1 heterocycles. The van der Waals surface area contributed by atoms with Gasteiger partial charge in [0.05, 0.1) is 7.11 Å². The van der Waals surface area contributed by atoms with Gasteiger partial charge in [-0.25, -0.2) is 4.79 Å². The lowest BCUT2D eigenvalue weighted by Crippen LogP contribution is -2.50. The van der Waals surface area contributed by atoms with E-state index < -0.39 is 0 Å². The van der Waals surface area contributed by atoms with E-state index in [9.17, 15) is 4.79 Å². The first-order valence-electron chi connectivity index (χ1n) is 5.76. The number of hydrogen-bond acceptors (Lipinski definition) is 3. The third-order valence-electron chi connectivity index (χ3n) is 2.99. The number of amides is 1. The van der Waals surface area contributed by atoms with Gasteiger partial charge in [0.2, 0.25) is 0 Å². The number of piperidine rings is 1. The Balaban J connectivity index is 2.38. The summed E-state index contributed by atoms with van der Waals surface area (Å²) in [5.41, 5.74) is 0. The highest BCUT2D eigenvalue weighted by atomic mass is 16.5. The second kappa shape index (κ2) is 5.95. The quantitative estimate of drug-likeness (QED) is 0.776. The van der Waals surface area contributed by atoms with E-state index in [-0.39, 0.29) is 6.09 Å². The Bertz CT molecular complexity index is 209. The summed E-state index contributed by atoms with van der Waals surface area (Å²) in [5, 5.41) is 3.53. The molecule has 1 rings (SSSR count). The Hall–Kier alpha value is -0.770. The van der Waals surface area contributed by atoms with Gasteiger partial charge in [0, 0.05) is 25.2 Å². The van der Waals surface area contributed by atoms with Crippen LogP contribution >= 0.6 is 0 Å². The molecule has 0 aromatic heterocycles. The van der Waals surface area contributed by atoms with Gasteiger partial charge in [-0.2, -0.15) is 0 Å². The number of carbonyl (C=O) groups is 1. The van der Waals surface area contributed by atoms with Gasteiger partial charge >= 0.3 is 6.09 Å². The molecule has 88 valence electrons. The van der Waals surface area contributed by atoms with Gasteiger partial charge in [-0.05, 0) is 26.2 Å². The van der Waals surface area contributed by atoms with E-state index in [0.717, 1.165) is 32.4 Å². The van der Waals surface area contributed by atoms with Crippen LogP contribution < -0.4 is 5.32 Å². The van der Waals surface area contributed by atoms with E-state index in [1.807, 2.05) is 0 Å². The number of likely N-dealkylation sites (tertiary alicyclic amines) is 1. The second-order valence-corrected chi connectivity index (χ2v) is 4.23. The Kier molecular flexibility index (Phi) is 4.88. The molecule has 1 N–H and O–H groups in total. The average molecular weight is 214 g/mol. The Labute approximate surface area is 92.0 Å². The molecule has 1 amide bonds. The molecule has 1 aliphatic heterocycles. The summed E-state index contributed by atoms with van der Waals surface area (Å²) >= 11 is 0. The van der Waals surface area contributed by atoms with Crippen molar-refractivity contribution in [2.24, 2.45) is 0 Å². The molecule has 0 aromatic rings. The Morgan fingerprint density at radius 3 is 3.00 bits per heavy atom. The minimum absolute atomic E-state index is 0.203. The van der Waals surface area contributed by atoms with Gasteiger partial charge in [0.1, 0.15) is 0 Å². The monoisotopic (exact) mass is 214 g/mol. The van der Waals surface area contributed by atoms with Crippen LogP contribution in [-0.4, -0.2) is 43.3 Å². The van der Waals surface area contributed by atoms with E-state index in [0.29, 0.717) is 12.1 Å². The van der Waals surface area contributed by atoms with E-state index >= 15 is 0 Å². The molecule has 0 aliphatic carbocycles. The fourth-order valence-electron chi connectivity index (χ4n) is 1.93. The van der Waals surface area contributed by atoms with Crippen molar-refractivity contribution in [2.45, 2.75) is 45.2 Å². The maximum Gasteiger partial charge on any atom is 0.409 e. The molecule has 1 fully saturated rings. The molecule has 0 aromatic carbocycles. The predicted octanol–water partition coefficient (Wildman–Crippen LogP) is 1.61. The zero-order valence-electron chi connectivity index (χ0n) is 9.95. The lowest BCUT2D eigenvalue weighted by Gasteiger charge is -2.33. The molecule has 2 atom stereocenters. The smallest absolute Gasteiger partial charge is 0.409 e. The van der Waals surface area contributed by atoms with Crippen LogP contribution in [-0.2, 0) is 4.74 Å². The van der Waals surface area contributed by atoms with E-state index in [2.05, 4.69) is 19.2 Å². The zero-order chi connectivity index (χ0) is 11.3. The topological polar surface area (TPSA) is 41.6 Å². The molecule has 4 heteroatoms. The van der Waals surface area contributed by atoms with Crippen LogP contribution in [0.15, 0.2) is 0 Å². The lowest BCUT2D eigenvalue weighted by molar-refractivity contribution is 0.106. The van der Waals surface area contributed by atoms with Crippen LogP contribution in [0.2, 0.25) is 0 Å². The summed E-state index contributed by atoms with van der Waals surface area (Å²) in [6.45, 7) is 5.94. The third-order valence-corrected chi connectivity index (χ3v) is 2.99. The fourth-order valence-corrected chi connectivity index (χ4v) is 1.93. The van der Waals surface area contributed by atoms with Crippen LogP contribution in [0.1, 0.15) is 33.1 Å². The van der Waals surface area contributed by atoms with Crippen LogP contribution in [0.4, 0.5) is 4.79 Å². The van der Waals surface area contributed by atoms with Crippen LogP contribution in [0, 0.1) is 0 Å². The molecule has 1 saturated heterocycles. The van der Waals surface area contributed by atoms with Crippen LogP contribution in [0.25, 0.3) is 0 Å². The summed E-state index contributed by atoms with van der Waals surface area (Å²) in [4.78, 5) is 13.1. The number of nitrogens with zero attached hydrogens (tertiary/aromatic N) is 1. The minimum atomic E-state index is -0.203. The van der Waals surface area contributed by atoms with Crippen molar-refractivity contribution in [1.29, 1.82) is 0 Å². The fraction of sp³-hybridized carbons (Fsp3) is 0.909. The Morgan fingerprint density at radius 1 is 1.67 bits per heavy atom. The van der Waals surface area contributed by atoms with Gasteiger partial charge in [-0.15, -0.1) is 0 Å². The van der Waals surface area contributed by atoms with Crippen molar-refractivity contribution < 1.29 is 9.53 Å². The summed E-state index contributed by atoms with van der Waals surface area (Å²) in [6, 6.07) is 0.945. The van der Waals surface area contributed by atoms with Crippen LogP contribution in [0.5, 0.6) is 0 Å². The van der Waals surface area contributed by atoms with Crippen molar-refractivity contribution in [3.05, 3.63) is 0 Å². The molecule has 0 radical (unpaired) electrons. The third kappa shape index (κ3) is 3.70. The molecule has 4 nitrogen and oxygen atoms in total. The number of ether oxygens (including phenoxy) is 1. The van der Waals surface area contributed by atoms with Crippen molar-refractivity contribution in [1.82, 2.24) is 10.2 Å². The average Bonchev–Trinajstić information content (AvgIpc) is 2.28. The largest absolute Gasteiger partial charge is 0.453 e. The molecule has 15 heavy (non-hydrogen) atoms. The van der Waals surface area contributed by atoms with Gasteiger partial charge in [-0.1, -0.05) is 6.92 Å². The zero-order valence-corrected chi connectivity index (χ0v) is 9.95. The molecule has 0 saturated carbocycles. The number of rotatable bonds is 3. The van der Waals surface area contributed by atoms with Gasteiger partial charge in [-0.3, -0.25) is 0 Å². The van der Waals surface area contributed by atoms with Crippen LogP contribution in [0.3, 0.4) is 0 Å². The van der Waals surface area contributed by atoms with E-state index in [1.165, 1.54) is 7.11 Å². The maximum atomic E-state index is 11.3. The summed E-state index contributed by atoms with van der Waals surface area (Å²) in [6.07, 6.45) is 3.13. The Morgan fingerprint density at radius 2 is 2.40 bits per heavy atom. The van der Waals surface area contributed by atoms with Gasteiger partial charge < -0.3 is 15.0 Å². The number of methoxy groups -OCH3 is 1. The molecular formula is C11H22N2O2. The highest BCUT2D eigenvalue weighted by Crippen LogP contribution is 2.12. The normalized spacial score (nSPS) is 23.7. The van der Waals surface area contributed by atoms with Crippen molar-refractivity contribution >= 4 is 6.09 Å². The molecular weight excluding hydrogens is 192 g/mol. The number of hydrogen-bond donors (Lipinski definition) is 1. The first kappa shape index (κ1) is 12.3. The van der Waals surface area contributed by atoms with Gasteiger partial charge in [0.25, 0.3) is 0 Å². The minimum Gasteiger partial charge on any atom is -0.453 e. The lowest BCUT2D eigenvalue weighted by atomic mass is 10.0. The molecule has 0 spiro atoms. The maximum absolute atomic E-state index is 11.3. The summed E-state index contributed by atoms with van der Waals surface area (Å²) < 4.78 is 4.73. The molecule has 2 unspecified atom stereocenters. The standard InChI is InChI=1S/C11H22N2O2/c1-4-9(2)12-10-6-5-7-13(8-10)11(14)15-3/h9-10,12H,4-8H2,1-3H3. The first-order valence-corrected chi connectivity index (χ1v) is 5.76. The second-order valence-electron chi connectivity index (χ2n) is 4.23. The van der Waals surface area contributed by atoms with Crippen molar-refractivity contribution in [3.63, 3.8) is 0 Å². The highest BCUT2D eigenvalue weighted by molar-refractivity contribution is 5.67.